The SMILES string of the molecule is Cc1cccc(N2C(=O)/C(=C\c3ccc(C)o3)NC2=S)c1. The van der Waals surface area contributed by atoms with Crippen molar-refractivity contribution in [3.05, 3.63) is 59.2 Å². The normalized spacial score (nSPS) is 16.7. The van der Waals surface area contributed by atoms with Gasteiger partial charge < -0.3 is 9.73 Å². The summed E-state index contributed by atoms with van der Waals surface area (Å²) in [5.41, 5.74) is 2.24. The minimum absolute atomic E-state index is 0.181. The number of carbonyl (C=O) groups is 1. The number of anilines is 1. The Bertz CT molecular complexity index is 761. The van der Waals surface area contributed by atoms with E-state index in [9.17, 15) is 4.79 Å². The Hall–Kier alpha value is -2.40. The van der Waals surface area contributed by atoms with Gasteiger partial charge in [0.2, 0.25) is 0 Å². The molecule has 1 N–H and O–H groups in total. The number of hydrogen-bond acceptors (Lipinski definition) is 3. The van der Waals surface area contributed by atoms with E-state index in [1.54, 1.807) is 6.08 Å². The zero-order valence-corrected chi connectivity index (χ0v) is 12.5. The van der Waals surface area contributed by atoms with E-state index < -0.39 is 0 Å². The molecule has 1 aliphatic rings. The molecule has 0 saturated carbocycles. The van der Waals surface area contributed by atoms with Gasteiger partial charge >= 0.3 is 0 Å². The molecular weight excluding hydrogens is 284 g/mol. The number of thiocarbonyl (C=S) groups is 1. The first-order chi connectivity index (χ1) is 10.0. The number of carbonyl (C=O) groups excluding carboxylic acids is 1. The monoisotopic (exact) mass is 298 g/mol. The van der Waals surface area contributed by atoms with Crippen molar-refractivity contribution in [3.8, 4) is 0 Å². The highest BCUT2D eigenvalue weighted by molar-refractivity contribution is 7.80. The Balaban J connectivity index is 1.94. The van der Waals surface area contributed by atoms with Gasteiger partial charge in [-0.3, -0.25) is 9.69 Å². The van der Waals surface area contributed by atoms with Crippen molar-refractivity contribution in [1.82, 2.24) is 5.32 Å². The van der Waals surface area contributed by atoms with Crippen LogP contribution in [0.1, 0.15) is 17.1 Å². The van der Waals surface area contributed by atoms with E-state index in [2.05, 4.69) is 5.32 Å². The van der Waals surface area contributed by atoms with Crippen LogP contribution >= 0.6 is 12.2 Å². The summed E-state index contributed by atoms with van der Waals surface area (Å²) in [6.07, 6.45) is 1.66. The topological polar surface area (TPSA) is 45.5 Å². The molecule has 4 nitrogen and oxygen atoms in total. The lowest BCUT2D eigenvalue weighted by atomic mass is 10.2. The molecule has 0 spiro atoms. The van der Waals surface area contributed by atoms with Gasteiger partial charge in [0.25, 0.3) is 5.91 Å². The molecule has 1 aromatic heterocycles. The number of amides is 1. The van der Waals surface area contributed by atoms with Crippen LogP contribution in [0.25, 0.3) is 6.08 Å². The summed E-state index contributed by atoms with van der Waals surface area (Å²) in [6.45, 7) is 3.83. The Morgan fingerprint density at radius 1 is 1.24 bits per heavy atom. The summed E-state index contributed by atoms with van der Waals surface area (Å²) in [7, 11) is 0. The Kier molecular flexibility index (Phi) is 3.35. The van der Waals surface area contributed by atoms with Crippen LogP contribution in [0, 0.1) is 13.8 Å². The fourth-order valence-corrected chi connectivity index (χ4v) is 2.51. The van der Waals surface area contributed by atoms with Crippen molar-refractivity contribution in [2.24, 2.45) is 0 Å². The van der Waals surface area contributed by atoms with Crippen LogP contribution in [0.2, 0.25) is 0 Å². The second-order valence-corrected chi connectivity index (χ2v) is 5.30. The van der Waals surface area contributed by atoms with Crippen molar-refractivity contribution in [1.29, 1.82) is 0 Å². The van der Waals surface area contributed by atoms with E-state index >= 15 is 0 Å². The Labute approximate surface area is 128 Å². The lowest BCUT2D eigenvalue weighted by Gasteiger charge is -2.14. The molecule has 5 heteroatoms. The van der Waals surface area contributed by atoms with E-state index in [1.807, 2.05) is 50.2 Å². The summed E-state index contributed by atoms with van der Waals surface area (Å²) in [4.78, 5) is 14.0. The third-order valence-electron chi connectivity index (χ3n) is 3.19. The van der Waals surface area contributed by atoms with Crippen molar-refractivity contribution in [2.45, 2.75) is 13.8 Å². The molecule has 1 aliphatic heterocycles. The minimum atomic E-state index is -0.181. The highest BCUT2D eigenvalue weighted by Gasteiger charge is 2.32. The fraction of sp³-hybridized carbons (Fsp3) is 0.125. The molecule has 0 bridgehead atoms. The standard InChI is InChI=1S/C16H14N2O2S/c1-10-4-3-5-12(8-10)18-15(19)14(17-16(18)21)9-13-7-6-11(2)20-13/h3-9H,1-2H3,(H,17,21)/b14-9+. The van der Waals surface area contributed by atoms with Gasteiger partial charge in [0, 0.05) is 6.08 Å². The lowest BCUT2D eigenvalue weighted by molar-refractivity contribution is -0.113. The smallest absolute Gasteiger partial charge is 0.281 e. The highest BCUT2D eigenvalue weighted by atomic mass is 32.1. The summed E-state index contributed by atoms with van der Waals surface area (Å²) in [6, 6.07) is 11.3. The van der Waals surface area contributed by atoms with E-state index in [0.29, 0.717) is 16.6 Å². The Morgan fingerprint density at radius 2 is 2.05 bits per heavy atom. The maximum absolute atomic E-state index is 12.5. The fourth-order valence-electron chi connectivity index (χ4n) is 2.21. The first kappa shape index (κ1) is 13.6. The molecule has 1 saturated heterocycles. The number of benzene rings is 1. The average molecular weight is 298 g/mol. The van der Waals surface area contributed by atoms with Crippen LogP contribution in [0.3, 0.4) is 0 Å². The van der Waals surface area contributed by atoms with E-state index in [0.717, 1.165) is 17.0 Å². The molecule has 3 rings (SSSR count). The number of nitrogens with zero attached hydrogens (tertiary/aromatic N) is 1. The molecule has 0 radical (unpaired) electrons. The van der Waals surface area contributed by atoms with Crippen molar-refractivity contribution >= 4 is 35.0 Å². The number of rotatable bonds is 2. The zero-order chi connectivity index (χ0) is 15.0. The summed E-state index contributed by atoms with van der Waals surface area (Å²) >= 11 is 5.26. The molecule has 0 unspecified atom stereocenters. The molecule has 1 aromatic carbocycles. The second kappa shape index (κ2) is 5.18. The quantitative estimate of drug-likeness (QED) is 0.683. The van der Waals surface area contributed by atoms with E-state index in [1.165, 1.54) is 4.90 Å². The molecule has 2 heterocycles. The van der Waals surface area contributed by atoms with Crippen LogP contribution in [-0.4, -0.2) is 11.0 Å². The number of hydrogen-bond donors (Lipinski definition) is 1. The van der Waals surface area contributed by atoms with Gasteiger partial charge in [0.1, 0.15) is 17.2 Å². The predicted octanol–water partition coefficient (Wildman–Crippen LogP) is 3.16. The van der Waals surface area contributed by atoms with E-state index in [4.69, 9.17) is 16.6 Å². The van der Waals surface area contributed by atoms with Gasteiger partial charge in [-0.25, -0.2) is 0 Å². The molecule has 21 heavy (non-hydrogen) atoms. The lowest BCUT2D eigenvalue weighted by Crippen LogP contribution is -2.30. The largest absolute Gasteiger partial charge is 0.462 e. The van der Waals surface area contributed by atoms with Crippen LogP contribution < -0.4 is 10.2 Å². The van der Waals surface area contributed by atoms with Crippen molar-refractivity contribution < 1.29 is 9.21 Å². The molecule has 0 aliphatic carbocycles. The summed E-state index contributed by atoms with van der Waals surface area (Å²) in [5.74, 6) is 1.24. The van der Waals surface area contributed by atoms with Crippen molar-refractivity contribution in [3.63, 3.8) is 0 Å². The van der Waals surface area contributed by atoms with E-state index in [-0.39, 0.29) is 5.91 Å². The van der Waals surface area contributed by atoms with Crippen LogP contribution in [0.15, 0.2) is 46.5 Å². The number of nitrogens with one attached hydrogen (secondary N) is 1. The van der Waals surface area contributed by atoms with Gasteiger partial charge in [-0.2, -0.15) is 0 Å². The van der Waals surface area contributed by atoms with Gasteiger partial charge in [-0.15, -0.1) is 0 Å². The Morgan fingerprint density at radius 3 is 2.71 bits per heavy atom. The summed E-state index contributed by atoms with van der Waals surface area (Å²) in [5, 5.41) is 3.31. The molecular formula is C16H14N2O2S. The molecule has 2 aromatic rings. The van der Waals surface area contributed by atoms with Gasteiger partial charge in [0.05, 0.1) is 5.69 Å². The third-order valence-corrected chi connectivity index (χ3v) is 3.47. The number of aryl methyl sites for hydroxylation is 2. The van der Waals surface area contributed by atoms with Crippen LogP contribution in [0.5, 0.6) is 0 Å². The van der Waals surface area contributed by atoms with Crippen LogP contribution in [0.4, 0.5) is 5.69 Å². The highest BCUT2D eigenvalue weighted by Crippen LogP contribution is 2.23. The molecule has 1 fully saturated rings. The number of furan rings is 1. The molecule has 0 atom stereocenters. The first-order valence-corrected chi connectivity index (χ1v) is 6.95. The minimum Gasteiger partial charge on any atom is -0.462 e. The maximum atomic E-state index is 12.5. The summed E-state index contributed by atoms with van der Waals surface area (Å²) < 4.78 is 5.46. The predicted molar refractivity (Wildman–Crippen MR) is 85.8 cm³/mol. The zero-order valence-electron chi connectivity index (χ0n) is 11.7. The molecule has 106 valence electrons. The van der Waals surface area contributed by atoms with Gasteiger partial charge in [0.15, 0.2) is 5.11 Å². The third kappa shape index (κ3) is 2.60. The van der Waals surface area contributed by atoms with Crippen molar-refractivity contribution in [2.75, 3.05) is 4.90 Å². The average Bonchev–Trinajstić information content (AvgIpc) is 2.94. The second-order valence-electron chi connectivity index (χ2n) is 4.92. The van der Waals surface area contributed by atoms with Gasteiger partial charge in [-0.1, -0.05) is 12.1 Å². The first-order valence-electron chi connectivity index (χ1n) is 6.55. The van der Waals surface area contributed by atoms with Gasteiger partial charge in [-0.05, 0) is 55.9 Å². The van der Waals surface area contributed by atoms with Crippen LogP contribution in [-0.2, 0) is 4.79 Å². The maximum Gasteiger partial charge on any atom is 0.281 e. The molecule has 1 amide bonds.